The van der Waals surface area contributed by atoms with E-state index in [0.717, 1.165) is 10.5 Å². The largest absolute Gasteiger partial charge is 0.467 e. The summed E-state index contributed by atoms with van der Waals surface area (Å²) in [5, 5.41) is 9.09. The smallest absolute Gasteiger partial charge is 0.408 e. The molecule has 0 unspecified atom stereocenters. The van der Waals surface area contributed by atoms with Gasteiger partial charge in [0.05, 0.1) is 26.4 Å². The second kappa shape index (κ2) is 6.38. The van der Waals surface area contributed by atoms with Crippen molar-refractivity contribution in [2.75, 3.05) is 13.7 Å². The number of hydrogen-bond donors (Lipinski definition) is 1. The van der Waals surface area contributed by atoms with E-state index in [1.54, 1.807) is 0 Å². The van der Waals surface area contributed by atoms with Crippen molar-refractivity contribution >= 4 is 12.1 Å². The number of carbonyl (C=O) groups excluding carboxylic acids is 1. The van der Waals surface area contributed by atoms with Crippen LogP contribution in [-0.4, -0.2) is 47.9 Å². The third kappa shape index (κ3) is 3.27. The first kappa shape index (κ1) is 14.3. The Morgan fingerprint density at radius 1 is 1.35 bits per heavy atom. The van der Waals surface area contributed by atoms with Crippen molar-refractivity contribution in [1.29, 1.82) is 0 Å². The number of carbonyl (C=O) groups is 2. The minimum Gasteiger partial charge on any atom is -0.467 e. The topological polar surface area (TPSA) is 76.1 Å². The van der Waals surface area contributed by atoms with Crippen LogP contribution in [0, 0.1) is 0 Å². The number of methoxy groups -OCH3 is 1. The Morgan fingerprint density at radius 2 is 2.05 bits per heavy atom. The van der Waals surface area contributed by atoms with Gasteiger partial charge in [-0.05, 0) is 5.56 Å². The average Bonchev–Trinajstić information content (AvgIpc) is 2.90. The number of likely N-dealkylation sites (tertiary alicyclic amines) is 1. The lowest BCUT2D eigenvalue weighted by atomic mass is 10.2. The van der Waals surface area contributed by atoms with Gasteiger partial charge in [-0.1, -0.05) is 30.3 Å². The van der Waals surface area contributed by atoms with Gasteiger partial charge >= 0.3 is 12.1 Å². The van der Waals surface area contributed by atoms with Crippen molar-refractivity contribution in [3.05, 3.63) is 35.9 Å². The molecular weight excluding hydrogens is 262 g/mol. The van der Waals surface area contributed by atoms with Crippen LogP contribution < -0.4 is 0 Å². The van der Waals surface area contributed by atoms with Crippen LogP contribution in [-0.2, 0) is 20.9 Å². The Morgan fingerprint density at radius 3 is 2.65 bits per heavy atom. The number of rotatable bonds is 4. The van der Waals surface area contributed by atoms with Crippen LogP contribution in [0.5, 0.6) is 0 Å². The Hall–Kier alpha value is -2.08. The van der Waals surface area contributed by atoms with E-state index in [4.69, 9.17) is 9.84 Å². The zero-order valence-corrected chi connectivity index (χ0v) is 11.2. The van der Waals surface area contributed by atoms with Crippen molar-refractivity contribution in [2.24, 2.45) is 0 Å². The van der Waals surface area contributed by atoms with Gasteiger partial charge in [0.1, 0.15) is 6.04 Å². The zero-order valence-electron chi connectivity index (χ0n) is 11.2. The lowest BCUT2D eigenvalue weighted by Gasteiger charge is -2.18. The van der Waals surface area contributed by atoms with E-state index in [0.29, 0.717) is 13.0 Å². The van der Waals surface area contributed by atoms with Crippen molar-refractivity contribution in [1.82, 2.24) is 4.90 Å². The SMILES string of the molecule is COC(=O)[C@@H]1C[C@@H](OCc2ccccc2)CN1C(=O)O. The summed E-state index contributed by atoms with van der Waals surface area (Å²) >= 11 is 0. The number of benzene rings is 1. The lowest BCUT2D eigenvalue weighted by molar-refractivity contribution is -0.145. The van der Waals surface area contributed by atoms with Crippen LogP contribution in [0.25, 0.3) is 0 Å². The summed E-state index contributed by atoms with van der Waals surface area (Å²) in [5.74, 6) is -0.543. The standard InChI is InChI=1S/C14H17NO5/c1-19-13(16)12-7-11(8-15(12)14(17)18)20-9-10-5-3-2-4-6-10/h2-6,11-12H,7-9H2,1H3,(H,17,18)/t11-,12+/m1/s1. The summed E-state index contributed by atoms with van der Waals surface area (Å²) in [6.45, 7) is 0.578. The summed E-state index contributed by atoms with van der Waals surface area (Å²) in [7, 11) is 1.25. The van der Waals surface area contributed by atoms with E-state index in [-0.39, 0.29) is 12.6 Å². The van der Waals surface area contributed by atoms with Crippen molar-refractivity contribution < 1.29 is 24.2 Å². The summed E-state index contributed by atoms with van der Waals surface area (Å²) < 4.78 is 10.3. The molecule has 0 bridgehead atoms. The molecule has 2 atom stereocenters. The van der Waals surface area contributed by atoms with Crippen LogP contribution in [0.15, 0.2) is 30.3 Å². The van der Waals surface area contributed by atoms with E-state index in [1.807, 2.05) is 30.3 Å². The molecule has 1 aliphatic rings. The lowest BCUT2D eigenvalue weighted by Crippen LogP contribution is -2.40. The van der Waals surface area contributed by atoms with Gasteiger partial charge in [0, 0.05) is 6.42 Å². The molecule has 1 amide bonds. The zero-order chi connectivity index (χ0) is 14.5. The predicted molar refractivity (Wildman–Crippen MR) is 70.2 cm³/mol. The van der Waals surface area contributed by atoms with Gasteiger partial charge in [0.25, 0.3) is 0 Å². The first-order valence-corrected chi connectivity index (χ1v) is 6.34. The van der Waals surface area contributed by atoms with Gasteiger partial charge in [-0.2, -0.15) is 0 Å². The van der Waals surface area contributed by atoms with Gasteiger partial charge < -0.3 is 14.6 Å². The summed E-state index contributed by atoms with van der Waals surface area (Å²) in [4.78, 5) is 23.8. The third-order valence-corrected chi connectivity index (χ3v) is 3.31. The summed E-state index contributed by atoms with van der Waals surface area (Å²) in [5.41, 5.74) is 1.01. The van der Waals surface area contributed by atoms with E-state index in [2.05, 4.69) is 4.74 Å². The molecule has 108 valence electrons. The molecule has 0 radical (unpaired) electrons. The number of hydrogen-bond acceptors (Lipinski definition) is 4. The first-order valence-electron chi connectivity index (χ1n) is 6.34. The average molecular weight is 279 g/mol. The molecule has 0 aliphatic carbocycles. The minimum atomic E-state index is -1.13. The van der Waals surface area contributed by atoms with Crippen molar-refractivity contribution in [2.45, 2.75) is 25.2 Å². The minimum absolute atomic E-state index is 0.182. The molecular formula is C14H17NO5. The van der Waals surface area contributed by atoms with E-state index in [9.17, 15) is 9.59 Å². The monoisotopic (exact) mass is 279 g/mol. The van der Waals surface area contributed by atoms with Gasteiger partial charge in [-0.3, -0.25) is 4.90 Å². The van der Waals surface area contributed by atoms with Crippen LogP contribution in [0.1, 0.15) is 12.0 Å². The number of esters is 1. The highest BCUT2D eigenvalue weighted by molar-refractivity contribution is 5.81. The molecule has 1 fully saturated rings. The molecule has 1 aromatic rings. The van der Waals surface area contributed by atoms with Crippen LogP contribution in [0.2, 0.25) is 0 Å². The molecule has 6 nitrogen and oxygen atoms in total. The number of amides is 1. The number of carboxylic acid groups (broad SMARTS) is 1. The predicted octanol–water partition coefficient (Wildman–Crippen LogP) is 1.50. The Labute approximate surface area is 116 Å². The first-order chi connectivity index (χ1) is 9.61. The molecule has 0 saturated carbocycles. The quantitative estimate of drug-likeness (QED) is 0.845. The summed E-state index contributed by atoms with van der Waals surface area (Å²) in [6, 6.07) is 8.82. The molecule has 1 saturated heterocycles. The Bertz CT molecular complexity index is 476. The second-order valence-electron chi connectivity index (χ2n) is 4.63. The summed E-state index contributed by atoms with van der Waals surface area (Å²) in [6.07, 6.45) is -1.10. The van der Waals surface area contributed by atoms with Gasteiger partial charge in [0.2, 0.25) is 0 Å². The van der Waals surface area contributed by atoms with Gasteiger partial charge in [-0.15, -0.1) is 0 Å². The molecule has 1 aliphatic heterocycles. The van der Waals surface area contributed by atoms with Gasteiger partial charge in [0.15, 0.2) is 0 Å². The normalized spacial score (nSPS) is 21.8. The van der Waals surface area contributed by atoms with E-state index < -0.39 is 18.1 Å². The number of nitrogens with zero attached hydrogens (tertiary/aromatic N) is 1. The molecule has 1 N–H and O–H groups in total. The molecule has 20 heavy (non-hydrogen) atoms. The highest BCUT2D eigenvalue weighted by Crippen LogP contribution is 2.22. The number of ether oxygens (including phenoxy) is 2. The van der Waals surface area contributed by atoms with Gasteiger partial charge in [-0.25, -0.2) is 9.59 Å². The maximum atomic E-state index is 11.6. The Kier molecular flexibility index (Phi) is 4.57. The molecule has 6 heteroatoms. The molecule has 0 aromatic heterocycles. The highest BCUT2D eigenvalue weighted by atomic mass is 16.5. The fourth-order valence-corrected chi connectivity index (χ4v) is 2.28. The Balaban J connectivity index is 1.94. The van der Waals surface area contributed by atoms with Crippen LogP contribution >= 0.6 is 0 Å². The second-order valence-corrected chi connectivity index (χ2v) is 4.63. The third-order valence-electron chi connectivity index (χ3n) is 3.31. The maximum absolute atomic E-state index is 11.6. The molecule has 2 rings (SSSR count). The van der Waals surface area contributed by atoms with Crippen LogP contribution in [0.4, 0.5) is 4.79 Å². The van der Waals surface area contributed by atoms with E-state index in [1.165, 1.54) is 7.11 Å². The fraction of sp³-hybridized carbons (Fsp3) is 0.429. The van der Waals surface area contributed by atoms with Crippen LogP contribution in [0.3, 0.4) is 0 Å². The fourth-order valence-electron chi connectivity index (χ4n) is 2.28. The maximum Gasteiger partial charge on any atom is 0.408 e. The molecule has 0 spiro atoms. The highest BCUT2D eigenvalue weighted by Gasteiger charge is 2.40. The molecule has 1 aromatic carbocycles. The van der Waals surface area contributed by atoms with Crippen molar-refractivity contribution in [3.8, 4) is 0 Å². The molecule has 1 heterocycles. The van der Waals surface area contributed by atoms with E-state index >= 15 is 0 Å². The van der Waals surface area contributed by atoms with Crippen molar-refractivity contribution in [3.63, 3.8) is 0 Å².